The molecule has 0 saturated carbocycles. The van der Waals surface area contributed by atoms with Crippen molar-refractivity contribution in [1.82, 2.24) is 10.3 Å². The van der Waals surface area contributed by atoms with E-state index in [-0.39, 0.29) is 6.04 Å². The van der Waals surface area contributed by atoms with E-state index in [1.807, 2.05) is 0 Å². The van der Waals surface area contributed by atoms with Crippen LogP contribution in [0.15, 0.2) is 12.3 Å². The first-order valence-corrected chi connectivity index (χ1v) is 6.77. The number of pyridine rings is 1. The number of methoxy groups -OCH3 is 2. The summed E-state index contributed by atoms with van der Waals surface area (Å²) in [5.74, 6) is 0.527. The Morgan fingerprint density at radius 1 is 1.45 bits per heavy atom. The van der Waals surface area contributed by atoms with E-state index in [0.717, 1.165) is 19.4 Å². The molecule has 110 valence electrons. The molecule has 1 aromatic heterocycles. The fraction of sp³-hybridized carbons (Fsp3) is 0.571. The first-order valence-electron chi connectivity index (χ1n) is 6.77. The Labute approximate surface area is 118 Å². The Balaban J connectivity index is 2.20. The molecular weight excluding hydrogens is 258 g/mol. The van der Waals surface area contributed by atoms with Crippen LogP contribution in [0, 0.1) is 0 Å². The molecule has 0 radical (unpaired) electrons. The van der Waals surface area contributed by atoms with E-state index in [2.05, 4.69) is 22.5 Å². The molecule has 2 atom stereocenters. The van der Waals surface area contributed by atoms with E-state index in [1.54, 1.807) is 12.3 Å². The van der Waals surface area contributed by atoms with Crippen LogP contribution < -0.4 is 15.4 Å². The molecule has 0 aromatic carbocycles. The summed E-state index contributed by atoms with van der Waals surface area (Å²) in [5, 5.41) is 6.71. The van der Waals surface area contributed by atoms with Gasteiger partial charge < -0.3 is 20.1 Å². The third-order valence-corrected chi connectivity index (χ3v) is 3.52. The van der Waals surface area contributed by atoms with Crippen molar-refractivity contribution in [3.8, 4) is 5.75 Å². The first kappa shape index (κ1) is 14.6. The maximum Gasteiger partial charge on any atom is 0.345 e. The monoisotopic (exact) mass is 279 g/mol. The summed E-state index contributed by atoms with van der Waals surface area (Å²) in [6.45, 7) is 3.01. The largest absolute Gasteiger partial charge is 0.496 e. The Hall–Kier alpha value is -1.82. The molecule has 2 heterocycles. The van der Waals surface area contributed by atoms with Gasteiger partial charge in [0.2, 0.25) is 0 Å². The minimum Gasteiger partial charge on any atom is -0.496 e. The summed E-state index contributed by atoms with van der Waals surface area (Å²) in [6, 6.07) is 2.43. The predicted octanol–water partition coefficient (Wildman–Crippen LogP) is 1.43. The zero-order valence-electron chi connectivity index (χ0n) is 12.1. The highest BCUT2D eigenvalue weighted by Gasteiger charge is 2.23. The van der Waals surface area contributed by atoms with Crippen molar-refractivity contribution in [2.24, 2.45) is 0 Å². The molecule has 1 fully saturated rings. The number of nitrogens with zero attached hydrogens (tertiary/aromatic N) is 1. The van der Waals surface area contributed by atoms with Crippen LogP contribution in [-0.2, 0) is 4.74 Å². The van der Waals surface area contributed by atoms with Crippen LogP contribution in [0.1, 0.15) is 30.1 Å². The van der Waals surface area contributed by atoms with E-state index in [9.17, 15) is 4.79 Å². The highest BCUT2D eigenvalue weighted by Crippen LogP contribution is 2.26. The average molecular weight is 279 g/mol. The molecule has 1 aliphatic heterocycles. The van der Waals surface area contributed by atoms with E-state index < -0.39 is 5.97 Å². The molecule has 0 aliphatic carbocycles. The number of rotatable bonds is 4. The second-order valence-corrected chi connectivity index (χ2v) is 4.96. The zero-order chi connectivity index (χ0) is 14.5. The lowest BCUT2D eigenvalue weighted by Gasteiger charge is -2.29. The fourth-order valence-electron chi connectivity index (χ4n) is 2.34. The van der Waals surface area contributed by atoms with E-state index in [0.29, 0.717) is 23.2 Å². The topological polar surface area (TPSA) is 72.5 Å². The van der Waals surface area contributed by atoms with Crippen LogP contribution in [0.25, 0.3) is 0 Å². The quantitative estimate of drug-likeness (QED) is 0.812. The van der Waals surface area contributed by atoms with Gasteiger partial charge >= 0.3 is 5.97 Å². The van der Waals surface area contributed by atoms with Gasteiger partial charge in [-0.15, -0.1) is 0 Å². The van der Waals surface area contributed by atoms with Crippen molar-refractivity contribution >= 4 is 11.8 Å². The Bertz CT molecular complexity index is 471. The summed E-state index contributed by atoms with van der Waals surface area (Å²) in [4.78, 5) is 16.2. The van der Waals surface area contributed by atoms with Crippen molar-refractivity contribution in [3.63, 3.8) is 0 Å². The summed E-state index contributed by atoms with van der Waals surface area (Å²) in [7, 11) is 2.87. The summed E-state index contributed by atoms with van der Waals surface area (Å²) >= 11 is 0. The molecule has 1 aliphatic rings. The van der Waals surface area contributed by atoms with Gasteiger partial charge in [0.05, 0.1) is 14.2 Å². The van der Waals surface area contributed by atoms with Gasteiger partial charge in [-0.1, -0.05) is 0 Å². The number of carbonyl (C=O) groups is 1. The molecule has 0 amide bonds. The molecule has 6 nitrogen and oxygen atoms in total. The summed E-state index contributed by atoms with van der Waals surface area (Å²) in [6.07, 6.45) is 3.75. The number of esters is 1. The smallest absolute Gasteiger partial charge is 0.345 e. The number of ether oxygens (including phenoxy) is 2. The fourth-order valence-corrected chi connectivity index (χ4v) is 2.34. The number of hydrogen-bond acceptors (Lipinski definition) is 6. The van der Waals surface area contributed by atoms with Crippen LogP contribution in [0.3, 0.4) is 0 Å². The Kier molecular flexibility index (Phi) is 4.79. The third kappa shape index (κ3) is 3.19. The summed E-state index contributed by atoms with van der Waals surface area (Å²) < 4.78 is 10.0. The van der Waals surface area contributed by atoms with Crippen molar-refractivity contribution in [2.75, 3.05) is 26.1 Å². The van der Waals surface area contributed by atoms with Crippen LogP contribution in [0.2, 0.25) is 0 Å². The molecule has 2 unspecified atom stereocenters. The zero-order valence-corrected chi connectivity index (χ0v) is 12.1. The molecule has 2 rings (SSSR count). The first-order chi connectivity index (χ1) is 9.65. The van der Waals surface area contributed by atoms with Gasteiger partial charge in [-0.05, 0) is 25.8 Å². The van der Waals surface area contributed by atoms with Gasteiger partial charge in [-0.25, -0.2) is 9.78 Å². The van der Waals surface area contributed by atoms with Crippen molar-refractivity contribution in [3.05, 3.63) is 17.8 Å². The molecule has 2 N–H and O–H groups in total. The van der Waals surface area contributed by atoms with Gasteiger partial charge in [-0.2, -0.15) is 0 Å². The number of piperidine rings is 1. The SMILES string of the molecule is COC(=O)c1c(OC)ccnc1NC1CCC(C)NC1. The summed E-state index contributed by atoms with van der Waals surface area (Å²) in [5.41, 5.74) is 0.344. The molecule has 0 spiro atoms. The second kappa shape index (κ2) is 6.56. The van der Waals surface area contributed by atoms with E-state index in [1.165, 1.54) is 14.2 Å². The number of nitrogens with one attached hydrogen (secondary N) is 2. The molecule has 1 saturated heterocycles. The molecule has 6 heteroatoms. The van der Waals surface area contributed by atoms with Gasteiger partial charge in [0.15, 0.2) is 0 Å². The van der Waals surface area contributed by atoms with E-state index in [4.69, 9.17) is 9.47 Å². The van der Waals surface area contributed by atoms with Gasteiger partial charge in [0, 0.05) is 24.8 Å². The van der Waals surface area contributed by atoms with Gasteiger partial charge in [0.25, 0.3) is 0 Å². The highest BCUT2D eigenvalue weighted by atomic mass is 16.5. The minimum atomic E-state index is -0.449. The third-order valence-electron chi connectivity index (χ3n) is 3.52. The lowest BCUT2D eigenvalue weighted by atomic mass is 10.0. The van der Waals surface area contributed by atoms with E-state index >= 15 is 0 Å². The molecular formula is C14H21N3O3. The van der Waals surface area contributed by atoms with Crippen molar-refractivity contribution in [2.45, 2.75) is 31.8 Å². The molecule has 0 bridgehead atoms. The number of hydrogen-bond donors (Lipinski definition) is 2. The minimum absolute atomic E-state index is 0.245. The van der Waals surface area contributed by atoms with Crippen molar-refractivity contribution < 1.29 is 14.3 Å². The number of anilines is 1. The normalized spacial score (nSPS) is 22.1. The van der Waals surface area contributed by atoms with Crippen LogP contribution in [0.4, 0.5) is 5.82 Å². The number of aromatic nitrogens is 1. The lowest BCUT2D eigenvalue weighted by Crippen LogP contribution is -2.43. The van der Waals surface area contributed by atoms with Gasteiger partial charge in [0.1, 0.15) is 17.1 Å². The predicted molar refractivity (Wildman–Crippen MR) is 76.2 cm³/mol. The molecule has 20 heavy (non-hydrogen) atoms. The molecule has 1 aromatic rings. The maximum atomic E-state index is 11.9. The highest BCUT2D eigenvalue weighted by molar-refractivity contribution is 5.97. The van der Waals surface area contributed by atoms with Crippen LogP contribution in [0.5, 0.6) is 5.75 Å². The number of carbonyl (C=O) groups excluding carboxylic acids is 1. The van der Waals surface area contributed by atoms with Crippen molar-refractivity contribution in [1.29, 1.82) is 0 Å². The van der Waals surface area contributed by atoms with Gasteiger partial charge in [-0.3, -0.25) is 0 Å². The average Bonchev–Trinajstić information content (AvgIpc) is 2.48. The lowest BCUT2D eigenvalue weighted by molar-refractivity contribution is 0.0597. The van der Waals surface area contributed by atoms with Crippen LogP contribution >= 0.6 is 0 Å². The van der Waals surface area contributed by atoms with Crippen LogP contribution in [-0.4, -0.2) is 43.8 Å². The maximum absolute atomic E-state index is 11.9. The standard InChI is InChI=1S/C14H21N3O3/c1-9-4-5-10(8-16-9)17-13-12(14(18)20-3)11(19-2)6-7-15-13/h6-7,9-10,16H,4-5,8H2,1-3H3,(H,15,17). The Morgan fingerprint density at radius 3 is 2.85 bits per heavy atom. The second-order valence-electron chi connectivity index (χ2n) is 4.96. The Morgan fingerprint density at radius 2 is 2.25 bits per heavy atom.